The van der Waals surface area contributed by atoms with E-state index in [1.54, 1.807) is 0 Å². The minimum absolute atomic E-state index is 0.230. The van der Waals surface area contributed by atoms with E-state index in [0.717, 1.165) is 66.4 Å². The van der Waals surface area contributed by atoms with Gasteiger partial charge >= 0.3 is 0 Å². The fourth-order valence-electron chi connectivity index (χ4n) is 4.40. The number of aromatic nitrogens is 3. The van der Waals surface area contributed by atoms with Gasteiger partial charge < -0.3 is 24.5 Å². The second-order valence-corrected chi connectivity index (χ2v) is 8.40. The minimum atomic E-state index is 0.230. The molecular weight excluding hydrogens is 382 g/mol. The van der Waals surface area contributed by atoms with Crippen molar-refractivity contribution in [1.82, 2.24) is 19.4 Å². The molecule has 1 aromatic carbocycles. The van der Waals surface area contributed by atoms with Gasteiger partial charge in [-0.25, -0.2) is 9.97 Å². The number of nitrogens with two attached hydrogens (primary N) is 1. The Hall–Kier alpha value is -2.42. The lowest BCUT2D eigenvalue weighted by Crippen LogP contribution is -2.38. The Morgan fingerprint density at radius 1 is 1.20 bits per heavy atom. The van der Waals surface area contributed by atoms with Crippen LogP contribution in [0.3, 0.4) is 0 Å². The summed E-state index contributed by atoms with van der Waals surface area (Å²) < 4.78 is 19.5. The number of rotatable bonds is 5. The van der Waals surface area contributed by atoms with Crippen molar-refractivity contribution in [2.75, 3.05) is 51.8 Å². The fraction of sp³-hybridized carbons (Fsp3) is 0.545. The molecule has 0 radical (unpaired) electrons. The second-order valence-electron chi connectivity index (χ2n) is 8.40. The number of imidazole rings is 1. The summed E-state index contributed by atoms with van der Waals surface area (Å²) in [5, 5.41) is 1.05. The number of pyridine rings is 1. The fourth-order valence-corrected chi connectivity index (χ4v) is 4.40. The van der Waals surface area contributed by atoms with Gasteiger partial charge in [-0.05, 0) is 18.1 Å². The lowest BCUT2D eigenvalue weighted by Gasteiger charge is -2.29. The van der Waals surface area contributed by atoms with Crippen LogP contribution >= 0.6 is 0 Å². The van der Waals surface area contributed by atoms with Crippen molar-refractivity contribution in [3.63, 3.8) is 0 Å². The van der Waals surface area contributed by atoms with Gasteiger partial charge in [-0.15, -0.1) is 0 Å². The van der Waals surface area contributed by atoms with E-state index in [2.05, 4.69) is 34.4 Å². The Morgan fingerprint density at radius 2 is 2.03 bits per heavy atom. The molecule has 2 aromatic heterocycles. The molecule has 4 heterocycles. The maximum absolute atomic E-state index is 6.32. The number of anilines is 1. The SMILES string of the molecule is CC(C)[C@H]1COCc2nc3c(N)nc4cc(OCCN5CCOCC5)ccc4c3n21. The van der Waals surface area contributed by atoms with E-state index in [9.17, 15) is 0 Å². The van der Waals surface area contributed by atoms with Crippen LogP contribution in [0.1, 0.15) is 25.7 Å². The summed E-state index contributed by atoms with van der Waals surface area (Å²) in [7, 11) is 0. The summed E-state index contributed by atoms with van der Waals surface area (Å²) in [5.41, 5.74) is 8.96. The third-order valence-corrected chi connectivity index (χ3v) is 6.09. The van der Waals surface area contributed by atoms with Crippen LogP contribution < -0.4 is 10.5 Å². The summed E-state index contributed by atoms with van der Waals surface area (Å²) in [4.78, 5) is 11.8. The normalized spacial score (nSPS) is 20.2. The number of morpholine rings is 1. The van der Waals surface area contributed by atoms with Crippen molar-refractivity contribution in [1.29, 1.82) is 0 Å². The molecule has 0 amide bonds. The highest BCUT2D eigenvalue weighted by molar-refractivity contribution is 6.07. The lowest BCUT2D eigenvalue weighted by molar-refractivity contribution is 0.0322. The average Bonchev–Trinajstić information content (AvgIpc) is 3.15. The van der Waals surface area contributed by atoms with E-state index in [0.29, 0.717) is 31.6 Å². The smallest absolute Gasteiger partial charge is 0.152 e. The third-order valence-electron chi connectivity index (χ3n) is 6.09. The van der Waals surface area contributed by atoms with Crippen LogP contribution in [0.4, 0.5) is 5.82 Å². The quantitative estimate of drug-likeness (QED) is 0.690. The first kappa shape index (κ1) is 19.5. The number of hydrogen-bond acceptors (Lipinski definition) is 7. The van der Waals surface area contributed by atoms with Crippen molar-refractivity contribution in [3.8, 4) is 5.75 Å². The van der Waals surface area contributed by atoms with E-state index in [4.69, 9.17) is 24.9 Å². The molecule has 0 bridgehead atoms. The van der Waals surface area contributed by atoms with Crippen LogP contribution in [0.25, 0.3) is 21.9 Å². The molecule has 1 fully saturated rings. The molecule has 2 aliphatic heterocycles. The van der Waals surface area contributed by atoms with Gasteiger partial charge in [0.15, 0.2) is 5.82 Å². The molecule has 1 atom stereocenters. The van der Waals surface area contributed by atoms with Gasteiger partial charge in [0.05, 0.1) is 36.9 Å². The molecule has 1 saturated heterocycles. The van der Waals surface area contributed by atoms with Gasteiger partial charge in [-0.2, -0.15) is 0 Å². The summed E-state index contributed by atoms with van der Waals surface area (Å²) in [6, 6.07) is 6.31. The molecule has 2 aliphatic rings. The third kappa shape index (κ3) is 3.49. The van der Waals surface area contributed by atoms with Crippen molar-refractivity contribution >= 4 is 27.8 Å². The summed E-state index contributed by atoms with van der Waals surface area (Å²) in [6.45, 7) is 10.7. The molecule has 5 rings (SSSR count). The van der Waals surface area contributed by atoms with Gasteiger partial charge in [0, 0.05) is 31.1 Å². The van der Waals surface area contributed by atoms with E-state index in [1.807, 2.05) is 12.1 Å². The maximum Gasteiger partial charge on any atom is 0.152 e. The molecule has 160 valence electrons. The summed E-state index contributed by atoms with van der Waals surface area (Å²) >= 11 is 0. The highest BCUT2D eigenvalue weighted by atomic mass is 16.5. The number of nitrogen functional groups attached to an aromatic ring is 1. The highest BCUT2D eigenvalue weighted by Gasteiger charge is 2.28. The van der Waals surface area contributed by atoms with Crippen LogP contribution in [0.5, 0.6) is 5.75 Å². The monoisotopic (exact) mass is 411 g/mol. The maximum atomic E-state index is 6.32. The van der Waals surface area contributed by atoms with Gasteiger partial charge in [-0.3, -0.25) is 4.90 Å². The van der Waals surface area contributed by atoms with Crippen molar-refractivity contribution in [2.45, 2.75) is 26.5 Å². The van der Waals surface area contributed by atoms with Crippen LogP contribution in [0.15, 0.2) is 18.2 Å². The Labute approximate surface area is 175 Å². The summed E-state index contributed by atoms with van der Waals surface area (Å²) in [6.07, 6.45) is 0. The molecule has 0 spiro atoms. The van der Waals surface area contributed by atoms with Gasteiger partial charge in [0.25, 0.3) is 0 Å². The van der Waals surface area contributed by atoms with Gasteiger partial charge in [-0.1, -0.05) is 13.8 Å². The highest BCUT2D eigenvalue weighted by Crippen LogP contribution is 2.36. The molecule has 0 unspecified atom stereocenters. The molecule has 8 heteroatoms. The van der Waals surface area contributed by atoms with E-state index < -0.39 is 0 Å². The Balaban J connectivity index is 1.47. The first-order chi connectivity index (χ1) is 14.6. The molecule has 3 aromatic rings. The standard InChI is InChI=1S/C22H29N5O3/c1-14(2)18-12-29-13-19-25-20-21(27(18)19)16-4-3-15(11-17(16)24-22(20)23)30-10-7-26-5-8-28-9-6-26/h3-4,11,14,18H,5-10,12-13H2,1-2H3,(H2,23,24)/t18-/m1/s1. The largest absolute Gasteiger partial charge is 0.492 e. The van der Waals surface area contributed by atoms with Gasteiger partial charge in [0.1, 0.15) is 30.3 Å². The Kier molecular flexibility index (Phi) is 5.22. The average molecular weight is 412 g/mol. The van der Waals surface area contributed by atoms with Crippen LogP contribution in [-0.4, -0.2) is 65.5 Å². The van der Waals surface area contributed by atoms with Crippen molar-refractivity contribution in [3.05, 3.63) is 24.0 Å². The first-order valence-electron chi connectivity index (χ1n) is 10.7. The van der Waals surface area contributed by atoms with E-state index >= 15 is 0 Å². The minimum Gasteiger partial charge on any atom is -0.492 e. The molecular formula is C22H29N5O3. The summed E-state index contributed by atoms with van der Waals surface area (Å²) in [5.74, 6) is 2.60. The predicted octanol–water partition coefficient (Wildman–Crippen LogP) is 2.61. The number of fused-ring (bicyclic) bond motifs is 5. The Morgan fingerprint density at radius 3 is 2.83 bits per heavy atom. The van der Waals surface area contributed by atoms with Gasteiger partial charge in [0.2, 0.25) is 0 Å². The number of benzene rings is 1. The zero-order chi connectivity index (χ0) is 20.7. The predicted molar refractivity (Wildman–Crippen MR) is 116 cm³/mol. The zero-order valence-electron chi connectivity index (χ0n) is 17.6. The van der Waals surface area contributed by atoms with E-state index in [1.165, 1.54) is 0 Å². The van der Waals surface area contributed by atoms with Crippen LogP contribution in [0.2, 0.25) is 0 Å². The molecule has 2 N–H and O–H groups in total. The zero-order valence-corrected chi connectivity index (χ0v) is 17.6. The Bertz CT molecular complexity index is 1060. The van der Waals surface area contributed by atoms with Crippen molar-refractivity contribution in [2.24, 2.45) is 5.92 Å². The van der Waals surface area contributed by atoms with E-state index in [-0.39, 0.29) is 6.04 Å². The lowest BCUT2D eigenvalue weighted by atomic mass is 10.0. The number of nitrogens with zero attached hydrogens (tertiary/aromatic N) is 4. The van der Waals surface area contributed by atoms with Crippen LogP contribution in [-0.2, 0) is 16.1 Å². The molecule has 0 saturated carbocycles. The number of hydrogen-bond donors (Lipinski definition) is 1. The topological polar surface area (TPSA) is 87.7 Å². The number of ether oxygens (including phenoxy) is 3. The molecule has 8 nitrogen and oxygen atoms in total. The molecule has 0 aliphatic carbocycles. The van der Waals surface area contributed by atoms with Crippen LogP contribution in [0, 0.1) is 5.92 Å². The molecule has 30 heavy (non-hydrogen) atoms. The second kappa shape index (κ2) is 8.02. The van der Waals surface area contributed by atoms with Crippen molar-refractivity contribution < 1.29 is 14.2 Å². The first-order valence-corrected chi connectivity index (χ1v) is 10.7.